The van der Waals surface area contributed by atoms with Gasteiger partial charge in [0.25, 0.3) is 0 Å². The van der Waals surface area contributed by atoms with Gasteiger partial charge in [0, 0.05) is 25.2 Å². The molecule has 0 saturated carbocycles. The maximum absolute atomic E-state index is 13.2. The van der Waals surface area contributed by atoms with Crippen molar-refractivity contribution in [2.24, 2.45) is 0 Å². The summed E-state index contributed by atoms with van der Waals surface area (Å²) < 4.78 is 29.6. The zero-order valence-corrected chi connectivity index (χ0v) is 16.0. The van der Waals surface area contributed by atoms with Crippen LogP contribution in [-0.2, 0) is 20.2 Å². The lowest BCUT2D eigenvalue weighted by Crippen LogP contribution is -2.24. The van der Waals surface area contributed by atoms with Gasteiger partial charge in [0.05, 0.1) is 19.7 Å². The van der Waals surface area contributed by atoms with E-state index in [2.05, 4.69) is 14.7 Å². The summed E-state index contributed by atoms with van der Waals surface area (Å²) in [6.45, 7) is 0.817. The van der Waals surface area contributed by atoms with Crippen LogP contribution < -0.4 is 9.82 Å². The molecule has 0 fully saturated rings. The molecule has 1 unspecified atom stereocenters. The number of amides is 1. The largest absolute Gasteiger partial charge is 0.497 e. The molecular formula is C16H24N3O5P. The van der Waals surface area contributed by atoms with Crippen LogP contribution in [-0.4, -0.2) is 57.3 Å². The van der Waals surface area contributed by atoms with Crippen LogP contribution in [0.15, 0.2) is 24.4 Å². The average molecular weight is 369 g/mol. The van der Waals surface area contributed by atoms with E-state index in [0.717, 1.165) is 23.9 Å². The zero-order valence-electron chi connectivity index (χ0n) is 15.1. The highest BCUT2D eigenvalue weighted by Gasteiger charge is 2.30. The number of fused-ring (bicyclic) bond motifs is 1. The van der Waals surface area contributed by atoms with Crippen molar-refractivity contribution in [1.29, 1.82) is 0 Å². The van der Waals surface area contributed by atoms with Gasteiger partial charge >= 0.3 is 13.8 Å². The summed E-state index contributed by atoms with van der Waals surface area (Å²) in [5, 5.41) is 3.20. The first-order valence-electron chi connectivity index (χ1n) is 7.70. The van der Waals surface area contributed by atoms with Gasteiger partial charge < -0.3 is 18.9 Å². The molecule has 1 heterocycles. The molecule has 2 rings (SSSR count). The lowest BCUT2D eigenvalue weighted by atomic mass is 10.1. The Hall–Kier alpha value is -2.02. The van der Waals surface area contributed by atoms with E-state index in [0.29, 0.717) is 11.3 Å². The molecular weight excluding hydrogens is 345 g/mol. The molecule has 0 saturated heterocycles. The number of nitrogens with one attached hydrogen (secondary N) is 1. The first-order chi connectivity index (χ1) is 11.8. The smallest absolute Gasteiger partial charge is 0.415 e. The Morgan fingerprint density at radius 1 is 1.28 bits per heavy atom. The fraction of sp³-hybridized carbons (Fsp3) is 0.438. The number of nitrogens with zero attached hydrogens (tertiary/aromatic N) is 2. The molecule has 0 radical (unpaired) electrons. The van der Waals surface area contributed by atoms with E-state index in [-0.39, 0.29) is 0 Å². The van der Waals surface area contributed by atoms with Gasteiger partial charge in [0.1, 0.15) is 5.75 Å². The molecule has 25 heavy (non-hydrogen) atoms. The van der Waals surface area contributed by atoms with E-state index in [1.54, 1.807) is 25.4 Å². The van der Waals surface area contributed by atoms with Crippen molar-refractivity contribution in [3.05, 3.63) is 30.0 Å². The van der Waals surface area contributed by atoms with Crippen LogP contribution in [0.3, 0.4) is 0 Å². The molecule has 1 atom stereocenters. The van der Waals surface area contributed by atoms with Crippen molar-refractivity contribution in [2.45, 2.75) is 6.42 Å². The minimum Gasteiger partial charge on any atom is -0.497 e. The number of methoxy groups -OCH3 is 2. The molecule has 8 nitrogen and oxygen atoms in total. The number of rotatable bonds is 7. The lowest BCUT2D eigenvalue weighted by Gasteiger charge is -2.18. The Labute approximate surface area is 147 Å². The van der Waals surface area contributed by atoms with Crippen molar-refractivity contribution in [1.82, 2.24) is 14.3 Å². The summed E-state index contributed by atoms with van der Waals surface area (Å²) in [7, 11) is 4.37. The Morgan fingerprint density at radius 2 is 2.00 bits per heavy atom. The number of likely N-dealkylation sites (N-methyl/N-ethyl adjacent to an activating group) is 1. The van der Waals surface area contributed by atoms with Crippen molar-refractivity contribution in [2.75, 3.05) is 42.0 Å². The number of benzene rings is 1. The summed E-state index contributed by atoms with van der Waals surface area (Å²) >= 11 is 0. The molecule has 138 valence electrons. The number of carbonyl (C=O) groups is 1. The van der Waals surface area contributed by atoms with Gasteiger partial charge in [-0.15, -0.1) is 0 Å². The maximum Gasteiger partial charge on any atom is 0.415 e. The lowest BCUT2D eigenvalue weighted by molar-refractivity contribution is 0.175. The average Bonchev–Trinajstić information content (AvgIpc) is 2.98. The van der Waals surface area contributed by atoms with Gasteiger partial charge in [0.2, 0.25) is 0 Å². The highest BCUT2D eigenvalue weighted by molar-refractivity contribution is 7.56. The van der Waals surface area contributed by atoms with Crippen LogP contribution in [0.2, 0.25) is 0 Å². The Morgan fingerprint density at radius 3 is 2.56 bits per heavy atom. The summed E-state index contributed by atoms with van der Waals surface area (Å²) in [5.41, 5.74) is 1.66. The molecule has 0 bridgehead atoms. The van der Waals surface area contributed by atoms with Gasteiger partial charge in [-0.25, -0.2) is 14.4 Å². The topological polar surface area (TPSA) is 82.0 Å². The standard InChI is InChI=1S/C16H24N3O5P/c1-18(2)9-8-12-11-19(25(21,24-5)17-16(20)23-4)15-7-6-13(22-3)10-14(12)15/h6-7,10-11H,8-9H2,1-5H3,(H,17,20,21). The summed E-state index contributed by atoms with van der Waals surface area (Å²) in [4.78, 5) is 13.7. The molecule has 1 amide bonds. The summed E-state index contributed by atoms with van der Waals surface area (Å²) in [5.74, 6) is 0.699. The molecule has 1 aromatic carbocycles. The molecule has 1 aromatic heterocycles. The van der Waals surface area contributed by atoms with Crippen LogP contribution >= 0.6 is 7.67 Å². The number of hydrogen-bond acceptors (Lipinski definition) is 6. The first-order valence-corrected chi connectivity index (χ1v) is 9.28. The van der Waals surface area contributed by atoms with Crippen LogP contribution in [0.25, 0.3) is 10.9 Å². The van der Waals surface area contributed by atoms with Crippen LogP contribution in [0.4, 0.5) is 4.79 Å². The Balaban J connectivity index is 2.58. The van der Waals surface area contributed by atoms with Gasteiger partial charge in [0.15, 0.2) is 0 Å². The van der Waals surface area contributed by atoms with Crippen molar-refractivity contribution >= 4 is 24.7 Å². The third-order valence-corrected chi connectivity index (χ3v) is 5.71. The van der Waals surface area contributed by atoms with E-state index in [1.165, 1.54) is 18.6 Å². The van der Waals surface area contributed by atoms with Gasteiger partial charge in [-0.05, 0) is 44.3 Å². The molecule has 0 spiro atoms. The SMILES string of the molecule is COC(=O)NP(=O)(OC)n1cc(CCN(C)C)c2cc(OC)ccc21. The second-order valence-electron chi connectivity index (χ2n) is 5.74. The molecule has 2 aromatic rings. The number of ether oxygens (including phenoxy) is 2. The quantitative estimate of drug-likeness (QED) is 0.756. The monoisotopic (exact) mass is 369 g/mol. The van der Waals surface area contributed by atoms with E-state index < -0.39 is 13.8 Å². The summed E-state index contributed by atoms with van der Waals surface area (Å²) in [6, 6.07) is 5.44. The number of aromatic nitrogens is 1. The second kappa shape index (κ2) is 7.91. The van der Waals surface area contributed by atoms with Crippen LogP contribution in [0, 0.1) is 0 Å². The maximum atomic E-state index is 13.2. The fourth-order valence-electron chi connectivity index (χ4n) is 2.50. The Kier molecular flexibility index (Phi) is 6.11. The van der Waals surface area contributed by atoms with E-state index in [4.69, 9.17) is 9.26 Å². The second-order valence-corrected chi connectivity index (χ2v) is 7.80. The molecule has 9 heteroatoms. The number of carbonyl (C=O) groups excluding carboxylic acids is 1. The third-order valence-electron chi connectivity index (χ3n) is 3.85. The first kappa shape index (κ1) is 19.3. The van der Waals surface area contributed by atoms with Crippen molar-refractivity contribution < 1.29 is 23.4 Å². The normalized spacial score (nSPS) is 13.7. The highest BCUT2D eigenvalue weighted by atomic mass is 31.2. The van der Waals surface area contributed by atoms with E-state index in [1.807, 2.05) is 20.2 Å². The predicted molar refractivity (Wildman–Crippen MR) is 96.3 cm³/mol. The molecule has 0 aliphatic carbocycles. The molecule has 0 aliphatic heterocycles. The highest BCUT2D eigenvalue weighted by Crippen LogP contribution is 2.47. The molecule has 1 N–H and O–H groups in total. The summed E-state index contributed by atoms with van der Waals surface area (Å²) in [6.07, 6.45) is 1.66. The van der Waals surface area contributed by atoms with Gasteiger partial charge in [-0.1, -0.05) is 0 Å². The fourth-order valence-corrected chi connectivity index (χ4v) is 3.94. The van der Waals surface area contributed by atoms with E-state index in [9.17, 15) is 9.36 Å². The van der Waals surface area contributed by atoms with Crippen LogP contribution in [0.5, 0.6) is 5.75 Å². The van der Waals surface area contributed by atoms with E-state index >= 15 is 0 Å². The number of hydrogen-bond donors (Lipinski definition) is 1. The Bertz CT molecular complexity index is 802. The van der Waals surface area contributed by atoms with Gasteiger partial charge in [-0.3, -0.25) is 4.34 Å². The zero-order chi connectivity index (χ0) is 18.6. The van der Waals surface area contributed by atoms with Gasteiger partial charge in [-0.2, -0.15) is 0 Å². The third kappa shape index (κ3) is 4.15. The predicted octanol–water partition coefficient (Wildman–Crippen LogP) is 2.71. The minimum absolute atomic E-state index is 0.677. The van der Waals surface area contributed by atoms with Crippen molar-refractivity contribution in [3.63, 3.8) is 0 Å². The molecule has 0 aliphatic rings. The van der Waals surface area contributed by atoms with Crippen molar-refractivity contribution in [3.8, 4) is 5.75 Å². The minimum atomic E-state index is -3.68. The van der Waals surface area contributed by atoms with Crippen LogP contribution in [0.1, 0.15) is 5.56 Å².